The lowest BCUT2D eigenvalue weighted by Crippen LogP contribution is -2.50. The van der Waals surface area contributed by atoms with Crippen molar-refractivity contribution in [3.05, 3.63) is 65.2 Å². The van der Waals surface area contributed by atoms with Crippen LogP contribution in [0.15, 0.2) is 48.5 Å². The first-order chi connectivity index (χ1) is 14.5. The summed E-state index contributed by atoms with van der Waals surface area (Å²) in [5.74, 6) is -4.15. The van der Waals surface area contributed by atoms with Crippen LogP contribution in [0.3, 0.4) is 0 Å². The first-order valence-electron chi connectivity index (χ1n) is 9.18. The van der Waals surface area contributed by atoms with Gasteiger partial charge in [-0.3, -0.25) is 4.79 Å². The van der Waals surface area contributed by atoms with E-state index in [9.17, 15) is 37.8 Å². The Bertz CT molecular complexity index is 974. The zero-order valence-corrected chi connectivity index (χ0v) is 16.6. The predicted molar refractivity (Wildman–Crippen MR) is 101 cm³/mol. The first kappa shape index (κ1) is 23.9. The monoisotopic (exact) mass is 438 g/mol. The molecule has 1 N–H and O–H groups in total. The van der Waals surface area contributed by atoms with E-state index >= 15 is 0 Å². The summed E-state index contributed by atoms with van der Waals surface area (Å²) in [6.45, 7) is 2.57. The fourth-order valence-electron chi connectivity index (χ4n) is 2.95. The Morgan fingerprint density at radius 1 is 1.00 bits per heavy atom. The van der Waals surface area contributed by atoms with Crippen LogP contribution >= 0.6 is 0 Å². The minimum Gasteiger partial charge on any atom is -0.545 e. The van der Waals surface area contributed by atoms with Crippen LogP contribution in [0, 0.1) is 0 Å². The first-order valence-corrected chi connectivity index (χ1v) is 9.18. The molecule has 0 aliphatic carbocycles. The lowest BCUT2D eigenvalue weighted by atomic mass is 9.92. The number of esters is 1. The summed E-state index contributed by atoms with van der Waals surface area (Å²) >= 11 is 0. The fourth-order valence-corrected chi connectivity index (χ4v) is 2.95. The van der Waals surface area contributed by atoms with E-state index in [-0.39, 0.29) is 30.0 Å². The smallest absolute Gasteiger partial charge is 0.432 e. The minimum atomic E-state index is -5.35. The number of carboxylic acids is 1. The zero-order valence-electron chi connectivity index (χ0n) is 16.6. The second-order valence-corrected chi connectivity index (χ2v) is 6.36. The van der Waals surface area contributed by atoms with E-state index in [1.54, 1.807) is 6.92 Å². The Morgan fingerprint density at radius 3 is 2.00 bits per heavy atom. The molecule has 2 aromatic carbocycles. The van der Waals surface area contributed by atoms with E-state index in [0.29, 0.717) is 0 Å². The predicted octanol–water partition coefficient (Wildman–Crippen LogP) is 2.03. The van der Waals surface area contributed by atoms with Crippen LogP contribution in [0.5, 0.6) is 0 Å². The lowest BCUT2D eigenvalue weighted by molar-refractivity contribution is -0.268. The molecule has 0 fully saturated rings. The van der Waals surface area contributed by atoms with E-state index in [0.717, 1.165) is 29.2 Å². The van der Waals surface area contributed by atoms with Crippen molar-refractivity contribution >= 4 is 23.5 Å². The van der Waals surface area contributed by atoms with Gasteiger partial charge in [-0.2, -0.15) is 13.2 Å². The van der Waals surface area contributed by atoms with Gasteiger partial charge in [0.2, 0.25) is 0 Å². The van der Waals surface area contributed by atoms with Gasteiger partial charge in [-0.25, -0.2) is 4.79 Å². The topological polar surface area (TPSA) is 107 Å². The molecule has 0 bridgehead atoms. The number of benzene rings is 2. The number of rotatable bonds is 7. The molecule has 0 aliphatic heterocycles. The van der Waals surface area contributed by atoms with Crippen molar-refractivity contribution in [1.29, 1.82) is 0 Å². The molecule has 10 heteroatoms. The molecule has 7 nitrogen and oxygen atoms in total. The molecule has 0 unspecified atom stereocenters. The molecule has 0 saturated heterocycles. The summed E-state index contributed by atoms with van der Waals surface area (Å²) in [5.41, 5.74) is -5.05. The molecule has 0 saturated carbocycles. The van der Waals surface area contributed by atoms with Crippen LogP contribution in [0.25, 0.3) is 0 Å². The van der Waals surface area contributed by atoms with Crippen molar-refractivity contribution in [3.8, 4) is 0 Å². The van der Waals surface area contributed by atoms with Crippen molar-refractivity contribution in [1.82, 2.24) is 0 Å². The highest BCUT2D eigenvalue weighted by Gasteiger charge is 2.62. The van der Waals surface area contributed by atoms with Crippen molar-refractivity contribution in [2.24, 2.45) is 0 Å². The van der Waals surface area contributed by atoms with Crippen LogP contribution in [0.2, 0.25) is 0 Å². The number of ether oxygens (including phenoxy) is 1. The number of alkyl halides is 3. The summed E-state index contributed by atoms with van der Waals surface area (Å²) in [7, 11) is 0. The van der Waals surface area contributed by atoms with Crippen molar-refractivity contribution in [2.45, 2.75) is 25.6 Å². The summed E-state index contributed by atoms with van der Waals surface area (Å²) < 4.78 is 44.8. The number of carbonyl (C=O) groups is 3. The number of nitrogens with zero attached hydrogens (tertiary/aromatic N) is 1. The molecule has 31 heavy (non-hydrogen) atoms. The minimum absolute atomic E-state index is 0.0565. The number of aromatic carboxylic acids is 1. The lowest BCUT2D eigenvalue weighted by Gasteiger charge is -2.29. The molecular weight excluding hydrogens is 419 g/mol. The Morgan fingerprint density at radius 2 is 1.55 bits per heavy atom. The van der Waals surface area contributed by atoms with E-state index in [1.807, 2.05) is 0 Å². The highest BCUT2D eigenvalue weighted by molar-refractivity contribution is 6.11. The Balaban J connectivity index is 2.46. The van der Waals surface area contributed by atoms with Gasteiger partial charge in [0.15, 0.2) is 0 Å². The summed E-state index contributed by atoms with van der Waals surface area (Å²) in [6.07, 6.45) is -5.35. The number of anilines is 1. The number of aliphatic hydroxyl groups is 1. The van der Waals surface area contributed by atoms with E-state index < -0.39 is 35.2 Å². The maximum Gasteiger partial charge on any atom is 0.432 e. The van der Waals surface area contributed by atoms with Crippen LogP contribution in [0.1, 0.15) is 40.1 Å². The third-order valence-corrected chi connectivity index (χ3v) is 4.52. The molecule has 0 aromatic heterocycles. The molecular formula is C21H19F3NO6-. The number of halogens is 3. The van der Waals surface area contributed by atoms with Crippen LogP contribution in [-0.2, 0) is 15.1 Å². The maximum atomic E-state index is 13.5. The van der Waals surface area contributed by atoms with Crippen LogP contribution < -0.4 is 10.0 Å². The Labute approximate surface area is 175 Å². The highest BCUT2D eigenvalue weighted by atomic mass is 19.4. The van der Waals surface area contributed by atoms with Gasteiger partial charge in [-0.1, -0.05) is 30.3 Å². The van der Waals surface area contributed by atoms with Gasteiger partial charge in [-0.15, -0.1) is 0 Å². The SMILES string of the molecule is CCOC(=O)[C@@](O)(c1ccc(N(CC)C(=O)c2ccccc2C(=O)[O-])cc1)C(F)(F)F. The largest absolute Gasteiger partial charge is 0.545 e. The molecule has 0 radical (unpaired) electrons. The summed E-state index contributed by atoms with van der Waals surface area (Å²) in [6, 6.07) is 9.26. The number of hydrogen-bond acceptors (Lipinski definition) is 6. The summed E-state index contributed by atoms with van der Waals surface area (Å²) in [5, 5.41) is 21.4. The van der Waals surface area contributed by atoms with Gasteiger partial charge >= 0.3 is 12.1 Å². The maximum absolute atomic E-state index is 13.5. The molecule has 2 aromatic rings. The quantitative estimate of drug-likeness (QED) is 0.663. The molecule has 166 valence electrons. The fraction of sp³-hybridized carbons (Fsp3) is 0.286. The zero-order chi connectivity index (χ0) is 23.4. The Kier molecular flexibility index (Phi) is 7.06. The number of hydrogen-bond donors (Lipinski definition) is 1. The molecule has 0 spiro atoms. The van der Waals surface area contributed by atoms with Gasteiger partial charge in [0, 0.05) is 28.9 Å². The standard InChI is InChI=1S/C21H20F3NO6/c1-3-25(17(26)15-7-5-6-8-16(15)18(27)28)14-11-9-13(10-12-14)20(30,21(22,23)24)19(29)31-4-2/h5-12,30H,3-4H2,1-2H3,(H,27,28)/p-1/t20-/m0/s1. The normalized spacial score (nSPS) is 13.2. The molecule has 1 atom stereocenters. The number of carboxylic acid groups (broad SMARTS) is 1. The third kappa shape index (κ3) is 4.53. The van der Waals surface area contributed by atoms with Crippen molar-refractivity contribution in [3.63, 3.8) is 0 Å². The van der Waals surface area contributed by atoms with Gasteiger partial charge in [0.25, 0.3) is 11.5 Å². The van der Waals surface area contributed by atoms with Crippen molar-refractivity contribution in [2.75, 3.05) is 18.1 Å². The average Bonchev–Trinajstić information content (AvgIpc) is 2.73. The van der Waals surface area contributed by atoms with Crippen LogP contribution in [0.4, 0.5) is 18.9 Å². The third-order valence-electron chi connectivity index (χ3n) is 4.52. The van der Waals surface area contributed by atoms with Gasteiger partial charge in [0.05, 0.1) is 12.6 Å². The van der Waals surface area contributed by atoms with E-state index in [4.69, 9.17) is 0 Å². The van der Waals surface area contributed by atoms with Crippen LogP contribution in [-0.4, -0.2) is 42.3 Å². The second kappa shape index (κ2) is 9.17. The molecule has 0 aliphatic rings. The summed E-state index contributed by atoms with van der Waals surface area (Å²) in [4.78, 5) is 37.1. The van der Waals surface area contributed by atoms with Crippen molar-refractivity contribution < 1.29 is 42.5 Å². The molecule has 2 rings (SSSR count). The number of amides is 1. The van der Waals surface area contributed by atoms with Gasteiger partial charge in [-0.05, 0) is 32.0 Å². The molecule has 1 amide bonds. The Hall–Kier alpha value is -3.40. The second-order valence-electron chi connectivity index (χ2n) is 6.36. The molecule has 0 heterocycles. The van der Waals surface area contributed by atoms with E-state index in [2.05, 4.69) is 4.74 Å². The highest BCUT2D eigenvalue weighted by Crippen LogP contribution is 2.40. The van der Waals surface area contributed by atoms with Gasteiger partial charge < -0.3 is 24.6 Å². The number of carbonyl (C=O) groups excluding carboxylic acids is 3. The van der Waals surface area contributed by atoms with E-state index in [1.165, 1.54) is 31.2 Å². The van der Waals surface area contributed by atoms with Gasteiger partial charge in [0.1, 0.15) is 0 Å². The average molecular weight is 438 g/mol.